The van der Waals surface area contributed by atoms with E-state index in [0.717, 1.165) is 0 Å². The van der Waals surface area contributed by atoms with Gasteiger partial charge in [-0.05, 0) is 6.07 Å². The van der Waals surface area contributed by atoms with E-state index in [1.807, 2.05) is 0 Å². The molecule has 1 aromatic rings. The number of nitro benzene ring substituents is 1. The Morgan fingerprint density at radius 1 is 1.38 bits per heavy atom. The van der Waals surface area contributed by atoms with Gasteiger partial charge in [0.1, 0.15) is 0 Å². The first-order valence-electron chi connectivity index (χ1n) is 4.31. The number of nitro groups is 1. The lowest BCUT2D eigenvalue weighted by molar-refractivity contribution is -0.384. The fourth-order valence-corrected chi connectivity index (χ4v) is 1.09. The van der Waals surface area contributed by atoms with Crippen LogP contribution < -0.4 is 22.3 Å². The van der Waals surface area contributed by atoms with E-state index in [9.17, 15) is 14.9 Å². The van der Waals surface area contributed by atoms with E-state index >= 15 is 0 Å². The van der Waals surface area contributed by atoms with E-state index in [1.165, 1.54) is 18.2 Å². The zero-order chi connectivity index (χ0) is 12.1. The summed E-state index contributed by atoms with van der Waals surface area (Å²) in [6.45, 7) is -0.106. The Kier molecular flexibility index (Phi) is 3.62. The standard InChI is InChI=1S/C8H11N5O3/c9-8(14)4-11-5-1-6(12-10)3-7(2-5)13(15)16/h1-3,11-12H,4,10H2,(H2,9,14). The number of hydrogen-bond acceptors (Lipinski definition) is 6. The molecular formula is C8H11N5O3. The van der Waals surface area contributed by atoms with Crippen LogP contribution in [0.2, 0.25) is 0 Å². The number of primary amides is 1. The van der Waals surface area contributed by atoms with Crippen LogP contribution in [0, 0.1) is 10.1 Å². The molecule has 0 atom stereocenters. The molecule has 0 aromatic heterocycles. The number of rotatable bonds is 5. The molecular weight excluding hydrogens is 214 g/mol. The number of nitrogens with zero attached hydrogens (tertiary/aromatic N) is 1. The highest BCUT2D eigenvalue weighted by molar-refractivity contribution is 5.79. The predicted molar refractivity (Wildman–Crippen MR) is 58.6 cm³/mol. The highest BCUT2D eigenvalue weighted by Gasteiger charge is 2.09. The van der Waals surface area contributed by atoms with Gasteiger partial charge >= 0.3 is 0 Å². The van der Waals surface area contributed by atoms with Gasteiger partial charge in [0.05, 0.1) is 17.2 Å². The van der Waals surface area contributed by atoms with Crippen molar-refractivity contribution in [1.29, 1.82) is 0 Å². The van der Waals surface area contributed by atoms with Gasteiger partial charge in [-0.3, -0.25) is 20.8 Å². The van der Waals surface area contributed by atoms with E-state index in [1.54, 1.807) is 0 Å². The molecule has 0 aliphatic carbocycles. The molecule has 0 aliphatic rings. The summed E-state index contributed by atoms with van der Waals surface area (Å²) < 4.78 is 0. The van der Waals surface area contributed by atoms with E-state index in [4.69, 9.17) is 11.6 Å². The van der Waals surface area contributed by atoms with Crippen LogP contribution in [0.3, 0.4) is 0 Å². The average Bonchev–Trinajstić information content (AvgIpc) is 2.25. The highest BCUT2D eigenvalue weighted by Crippen LogP contribution is 2.23. The molecule has 0 aliphatic heterocycles. The molecule has 86 valence electrons. The minimum atomic E-state index is -0.561. The van der Waals surface area contributed by atoms with E-state index in [2.05, 4.69) is 10.7 Å². The van der Waals surface area contributed by atoms with Crippen molar-refractivity contribution >= 4 is 23.0 Å². The molecule has 0 saturated heterocycles. The minimum absolute atomic E-state index is 0.106. The molecule has 0 spiro atoms. The Labute approximate surface area is 90.7 Å². The maximum Gasteiger partial charge on any atom is 0.273 e. The van der Waals surface area contributed by atoms with Gasteiger partial charge in [0.2, 0.25) is 5.91 Å². The first kappa shape index (κ1) is 11.7. The fraction of sp³-hybridized carbons (Fsp3) is 0.125. The van der Waals surface area contributed by atoms with Crippen molar-refractivity contribution in [3.8, 4) is 0 Å². The molecule has 1 rings (SSSR count). The Bertz CT molecular complexity index is 420. The number of carbonyl (C=O) groups excluding carboxylic acids is 1. The van der Waals surface area contributed by atoms with Crippen LogP contribution >= 0.6 is 0 Å². The first-order chi connectivity index (χ1) is 7.52. The highest BCUT2D eigenvalue weighted by atomic mass is 16.6. The van der Waals surface area contributed by atoms with E-state index in [0.29, 0.717) is 11.4 Å². The van der Waals surface area contributed by atoms with Gasteiger partial charge < -0.3 is 16.5 Å². The number of nitrogen functional groups attached to an aromatic ring is 1. The lowest BCUT2D eigenvalue weighted by atomic mass is 10.2. The second kappa shape index (κ2) is 4.94. The maximum absolute atomic E-state index is 10.6. The molecule has 0 saturated carbocycles. The number of benzene rings is 1. The number of hydrazine groups is 1. The van der Waals surface area contributed by atoms with Crippen molar-refractivity contribution in [3.05, 3.63) is 28.3 Å². The summed E-state index contributed by atoms with van der Waals surface area (Å²) in [5, 5.41) is 13.2. The van der Waals surface area contributed by atoms with Crippen LogP contribution in [-0.2, 0) is 4.79 Å². The molecule has 0 bridgehead atoms. The lowest BCUT2D eigenvalue weighted by Crippen LogP contribution is -2.21. The van der Waals surface area contributed by atoms with Gasteiger partial charge in [0.25, 0.3) is 5.69 Å². The number of nitrogens with two attached hydrogens (primary N) is 2. The van der Waals surface area contributed by atoms with Crippen molar-refractivity contribution < 1.29 is 9.72 Å². The molecule has 16 heavy (non-hydrogen) atoms. The summed E-state index contributed by atoms with van der Waals surface area (Å²) in [5.41, 5.74) is 7.84. The van der Waals surface area contributed by atoms with Crippen LogP contribution in [0.5, 0.6) is 0 Å². The minimum Gasteiger partial charge on any atom is -0.376 e. The van der Waals surface area contributed by atoms with Crippen molar-refractivity contribution in [2.75, 3.05) is 17.3 Å². The summed E-state index contributed by atoms with van der Waals surface area (Å²) in [4.78, 5) is 20.5. The van der Waals surface area contributed by atoms with Crippen LogP contribution in [0.4, 0.5) is 17.1 Å². The zero-order valence-electron chi connectivity index (χ0n) is 8.27. The van der Waals surface area contributed by atoms with Crippen molar-refractivity contribution in [2.45, 2.75) is 0 Å². The monoisotopic (exact) mass is 225 g/mol. The van der Waals surface area contributed by atoms with E-state index < -0.39 is 10.8 Å². The quantitative estimate of drug-likeness (QED) is 0.310. The van der Waals surface area contributed by atoms with Gasteiger partial charge in [-0.15, -0.1) is 0 Å². The Hall–Kier alpha value is -2.35. The Balaban J connectivity index is 2.95. The van der Waals surface area contributed by atoms with Gasteiger partial charge in [-0.25, -0.2) is 0 Å². The molecule has 1 aromatic carbocycles. The molecule has 8 heteroatoms. The van der Waals surface area contributed by atoms with Gasteiger partial charge in [-0.2, -0.15) is 0 Å². The number of hydrogen-bond donors (Lipinski definition) is 4. The number of anilines is 2. The lowest BCUT2D eigenvalue weighted by Gasteiger charge is -2.06. The molecule has 0 unspecified atom stereocenters. The summed E-state index contributed by atoms with van der Waals surface area (Å²) in [6.07, 6.45) is 0. The van der Waals surface area contributed by atoms with Crippen molar-refractivity contribution in [3.63, 3.8) is 0 Å². The van der Waals surface area contributed by atoms with Crippen molar-refractivity contribution in [1.82, 2.24) is 0 Å². The SMILES string of the molecule is NNc1cc(NCC(N)=O)cc([N+](=O)[O-])c1. The van der Waals surface area contributed by atoms with Crippen LogP contribution in [0.25, 0.3) is 0 Å². The third-order valence-electron chi connectivity index (χ3n) is 1.76. The first-order valence-corrected chi connectivity index (χ1v) is 4.31. The second-order valence-corrected chi connectivity index (χ2v) is 2.99. The summed E-state index contributed by atoms with van der Waals surface area (Å²) in [7, 11) is 0. The summed E-state index contributed by atoms with van der Waals surface area (Å²) in [5.74, 6) is 4.59. The van der Waals surface area contributed by atoms with Crippen LogP contribution in [0.1, 0.15) is 0 Å². The Morgan fingerprint density at radius 3 is 2.50 bits per heavy atom. The number of amides is 1. The van der Waals surface area contributed by atoms with E-state index in [-0.39, 0.29) is 12.2 Å². The van der Waals surface area contributed by atoms with Crippen LogP contribution in [-0.4, -0.2) is 17.4 Å². The van der Waals surface area contributed by atoms with Gasteiger partial charge in [0, 0.05) is 17.8 Å². The molecule has 0 heterocycles. The molecule has 8 nitrogen and oxygen atoms in total. The third kappa shape index (κ3) is 3.10. The zero-order valence-corrected chi connectivity index (χ0v) is 8.27. The number of non-ortho nitro benzene ring substituents is 1. The summed E-state index contributed by atoms with van der Waals surface area (Å²) >= 11 is 0. The predicted octanol–water partition coefficient (Wildman–Crippen LogP) is -0.222. The average molecular weight is 225 g/mol. The van der Waals surface area contributed by atoms with Crippen LogP contribution in [0.15, 0.2) is 18.2 Å². The summed E-state index contributed by atoms with van der Waals surface area (Å²) in [6, 6.07) is 4.08. The molecule has 1 amide bonds. The number of carbonyl (C=O) groups is 1. The Morgan fingerprint density at radius 2 is 2.00 bits per heavy atom. The normalized spacial score (nSPS) is 9.56. The molecule has 6 N–H and O–H groups in total. The molecule has 0 radical (unpaired) electrons. The second-order valence-electron chi connectivity index (χ2n) is 2.99. The van der Waals surface area contributed by atoms with Gasteiger partial charge in [-0.1, -0.05) is 0 Å². The largest absolute Gasteiger partial charge is 0.376 e. The maximum atomic E-state index is 10.6. The topological polar surface area (TPSA) is 136 Å². The fourth-order valence-electron chi connectivity index (χ4n) is 1.09. The van der Waals surface area contributed by atoms with Crippen molar-refractivity contribution in [2.24, 2.45) is 11.6 Å². The smallest absolute Gasteiger partial charge is 0.273 e. The van der Waals surface area contributed by atoms with Gasteiger partial charge in [0.15, 0.2) is 0 Å². The number of nitrogens with one attached hydrogen (secondary N) is 2. The third-order valence-corrected chi connectivity index (χ3v) is 1.76. The molecule has 0 fully saturated rings.